The summed E-state index contributed by atoms with van der Waals surface area (Å²) in [6, 6.07) is 14.4. The van der Waals surface area contributed by atoms with Gasteiger partial charge in [-0.25, -0.2) is 4.99 Å². The smallest absolute Gasteiger partial charge is 0.191 e. The monoisotopic (exact) mass is 350 g/mol. The Hall–Kier alpha value is -2.95. The molecule has 3 aromatic rings. The Morgan fingerprint density at radius 3 is 2.65 bits per heavy atom. The number of benzene rings is 1. The second kappa shape index (κ2) is 8.94. The molecule has 0 atom stereocenters. The lowest BCUT2D eigenvalue weighted by molar-refractivity contribution is 0.507. The Bertz CT molecular complexity index is 828. The molecule has 26 heavy (non-hydrogen) atoms. The van der Waals surface area contributed by atoms with Crippen LogP contribution in [0.25, 0.3) is 10.9 Å². The first-order valence-electron chi connectivity index (χ1n) is 8.96. The van der Waals surface area contributed by atoms with Gasteiger partial charge in [0, 0.05) is 37.1 Å². The van der Waals surface area contributed by atoms with Crippen molar-refractivity contribution in [1.82, 2.24) is 15.6 Å². The van der Waals surface area contributed by atoms with E-state index in [0.29, 0.717) is 6.54 Å². The SMILES string of the molecule is C=C(C)CN=C(NCCc1cc2ccccc2[nH]1)NCCc1ccco1. The molecule has 0 spiro atoms. The van der Waals surface area contributed by atoms with Crippen molar-refractivity contribution < 1.29 is 4.42 Å². The molecule has 0 bridgehead atoms. The van der Waals surface area contributed by atoms with Crippen LogP contribution in [0.1, 0.15) is 18.4 Å². The summed E-state index contributed by atoms with van der Waals surface area (Å²) < 4.78 is 5.36. The molecule has 0 amide bonds. The lowest BCUT2D eigenvalue weighted by Crippen LogP contribution is -2.39. The summed E-state index contributed by atoms with van der Waals surface area (Å²) in [6.07, 6.45) is 3.42. The van der Waals surface area contributed by atoms with E-state index in [2.05, 4.69) is 51.5 Å². The third kappa shape index (κ3) is 5.28. The Morgan fingerprint density at radius 2 is 1.92 bits per heavy atom. The summed E-state index contributed by atoms with van der Waals surface area (Å²) in [7, 11) is 0. The third-order valence-electron chi connectivity index (χ3n) is 4.02. The van der Waals surface area contributed by atoms with Gasteiger partial charge in [0.2, 0.25) is 0 Å². The predicted molar refractivity (Wildman–Crippen MR) is 108 cm³/mol. The van der Waals surface area contributed by atoms with Crippen molar-refractivity contribution in [3.8, 4) is 0 Å². The van der Waals surface area contributed by atoms with Gasteiger partial charge in [0.15, 0.2) is 5.96 Å². The minimum absolute atomic E-state index is 0.614. The Labute approximate surface area is 154 Å². The molecule has 3 rings (SSSR count). The number of guanidine groups is 1. The number of fused-ring (bicyclic) bond motifs is 1. The van der Waals surface area contributed by atoms with Gasteiger partial charge < -0.3 is 20.0 Å². The maximum absolute atomic E-state index is 5.36. The largest absolute Gasteiger partial charge is 0.469 e. The van der Waals surface area contributed by atoms with E-state index in [1.807, 2.05) is 25.1 Å². The zero-order valence-electron chi connectivity index (χ0n) is 15.2. The van der Waals surface area contributed by atoms with E-state index in [-0.39, 0.29) is 0 Å². The van der Waals surface area contributed by atoms with Gasteiger partial charge in [-0.2, -0.15) is 0 Å². The number of aliphatic imine (C=N–C) groups is 1. The van der Waals surface area contributed by atoms with Gasteiger partial charge in [-0.05, 0) is 36.6 Å². The second-order valence-electron chi connectivity index (χ2n) is 6.44. The van der Waals surface area contributed by atoms with Crippen LogP contribution in [0.3, 0.4) is 0 Å². The molecular formula is C21H26N4O. The number of rotatable bonds is 8. The fraction of sp³-hybridized carbons (Fsp3) is 0.286. The first-order valence-corrected chi connectivity index (χ1v) is 8.96. The summed E-state index contributed by atoms with van der Waals surface area (Å²) in [6.45, 7) is 8.08. The molecule has 3 N–H and O–H groups in total. The normalized spacial score (nSPS) is 11.7. The van der Waals surface area contributed by atoms with Crippen molar-refractivity contribution in [2.75, 3.05) is 19.6 Å². The first kappa shape index (κ1) is 17.9. The molecule has 2 heterocycles. The van der Waals surface area contributed by atoms with Crippen LogP contribution in [0.5, 0.6) is 0 Å². The number of aromatic amines is 1. The molecular weight excluding hydrogens is 324 g/mol. The van der Waals surface area contributed by atoms with Crippen molar-refractivity contribution in [2.45, 2.75) is 19.8 Å². The molecule has 5 nitrogen and oxygen atoms in total. The molecule has 1 aromatic carbocycles. The first-order chi connectivity index (χ1) is 12.7. The molecule has 5 heteroatoms. The molecule has 0 saturated heterocycles. The van der Waals surface area contributed by atoms with Crippen LogP contribution in [0.4, 0.5) is 0 Å². The number of para-hydroxylation sites is 1. The Morgan fingerprint density at radius 1 is 1.12 bits per heavy atom. The molecule has 0 saturated carbocycles. The van der Waals surface area contributed by atoms with Crippen molar-refractivity contribution in [2.24, 2.45) is 4.99 Å². The number of furan rings is 1. The highest BCUT2D eigenvalue weighted by Gasteiger charge is 2.03. The third-order valence-corrected chi connectivity index (χ3v) is 4.02. The lowest BCUT2D eigenvalue weighted by atomic mass is 10.2. The van der Waals surface area contributed by atoms with Gasteiger partial charge in [0.25, 0.3) is 0 Å². The molecule has 2 aromatic heterocycles. The average molecular weight is 350 g/mol. The zero-order valence-corrected chi connectivity index (χ0v) is 15.2. The lowest BCUT2D eigenvalue weighted by Gasteiger charge is -2.12. The van der Waals surface area contributed by atoms with Crippen LogP contribution in [0.15, 0.2) is 70.3 Å². The van der Waals surface area contributed by atoms with E-state index >= 15 is 0 Å². The fourth-order valence-electron chi connectivity index (χ4n) is 2.73. The van der Waals surface area contributed by atoms with E-state index in [9.17, 15) is 0 Å². The highest BCUT2D eigenvalue weighted by atomic mass is 16.3. The summed E-state index contributed by atoms with van der Waals surface area (Å²) >= 11 is 0. The number of hydrogen-bond donors (Lipinski definition) is 3. The molecule has 0 radical (unpaired) electrons. The van der Waals surface area contributed by atoms with E-state index in [4.69, 9.17) is 4.42 Å². The van der Waals surface area contributed by atoms with Crippen molar-refractivity contribution in [1.29, 1.82) is 0 Å². The van der Waals surface area contributed by atoms with Crippen LogP contribution in [0, 0.1) is 0 Å². The summed E-state index contributed by atoms with van der Waals surface area (Å²) in [5.41, 5.74) is 3.43. The van der Waals surface area contributed by atoms with Gasteiger partial charge in [0.05, 0.1) is 12.8 Å². The van der Waals surface area contributed by atoms with Crippen LogP contribution >= 0.6 is 0 Å². The number of nitrogens with one attached hydrogen (secondary N) is 3. The number of hydrogen-bond acceptors (Lipinski definition) is 2. The van der Waals surface area contributed by atoms with Gasteiger partial charge in [0.1, 0.15) is 5.76 Å². The predicted octanol–water partition coefficient (Wildman–Crippen LogP) is 3.66. The molecule has 0 unspecified atom stereocenters. The molecule has 0 aliphatic rings. The molecule has 0 fully saturated rings. The molecule has 0 aliphatic carbocycles. The van der Waals surface area contributed by atoms with Crippen LogP contribution in [0.2, 0.25) is 0 Å². The Kier molecular flexibility index (Phi) is 6.14. The van der Waals surface area contributed by atoms with Crippen molar-refractivity contribution in [3.05, 3.63) is 72.3 Å². The minimum atomic E-state index is 0.614. The van der Waals surface area contributed by atoms with Crippen LogP contribution in [-0.4, -0.2) is 30.6 Å². The van der Waals surface area contributed by atoms with Gasteiger partial charge >= 0.3 is 0 Å². The van der Waals surface area contributed by atoms with E-state index < -0.39 is 0 Å². The quantitative estimate of drug-likeness (QED) is 0.330. The number of aromatic nitrogens is 1. The molecule has 136 valence electrons. The highest BCUT2D eigenvalue weighted by molar-refractivity contribution is 5.81. The number of nitrogens with zero attached hydrogens (tertiary/aromatic N) is 1. The zero-order chi connectivity index (χ0) is 18.2. The summed E-state index contributed by atoms with van der Waals surface area (Å²) in [5.74, 6) is 1.77. The Balaban J connectivity index is 1.51. The number of H-pyrrole nitrogens is 1. The molecule has 0 aliphatic heterocycles. The standard InChI is InChI=1S/C21H26N4O/c1-16(2)15-24-21(23-12-10-19-7-5-13-26-19)22-11-9-18-14-17-6-3-4-8-20(17)25-18/h3-8,13-14,25H,1,9-12,15H2,2H3,(H2,22,23,24). The summed E-state index contributed by atoms with van der Waals surface area (Å²) in [4.78, 5) is 8.02. The van der Waals surface area contributed by atoms with Crippen molar-refractivity contribution >= 4 is 16.9 Å². The van der Waals surface area contributed by atoms with E-state index in [1.165, 1.54) is 16.6 Å². The topological polar surface area (TPSA) is 65.3 Å². The fourth-order valence-corrected chi connectivity index (χ4v) is 2.73. The van der Waals surface area contributed by atoms with Crippen LogP contribution < -0.4 is 10.6 Å². The van der Waals surface area contributed by atoms with E-state index in [1.54, 1.807) is 6.26 Å². The van der Waals surface area contributed by atoms with Gasteiger partial charge in [-0.1, -0.05) is 30.4 Å². The average Bonchev–Trinajstić information content (AvgIpc) is 3.28. The highest BCUT2D eigenvalue weighted by Crippen LogP contribution is 2.14. The maximum Gasteiger partial charge on any atom is 0.191 e. The maximum atomic E-state index is 5.36. The van der Waals surface area contributed by atoms with Crippen LogP contribution in [-0.2, 0) is 12.8 Å². The van der Waals surface area contributed by atoms with E-state index in [0.717, 1.165) is 43.2 Å². The minimum Gasteiger partial charge on any atom is -0.469 e. The summed E-state index contributed by atoms with van der Waals surface area (Å²) in [5, 5.41) is 7.99. The van der Waals surface area contributed by atoms with Gasteiger partial charge in [-0.15, -0.1) is 0 Å². The van der Waals surface area contributed by atoms with Crippen molar-refractivity contribution in [3.63, 3.8) is 0 Å². The second-order valence-corrected chi connectivity index (χ2v) is 6.44. The van der Waals surface area contributed by atoms with Gasteiger partial charge in [-0.3, -0.25) is 0 Å².